The fourth-order valence-corrected chi connectivity index (χ4v) is 2.11. The van der Waals surface area contributed by atoms with Crippen molar-refractivity contribution in [3.8, 4) is 0 Å². The van der Waals surface area contributed by atoms with Crippen molar-refractivity contribution >= 4 is 17.7 Å². The van der Waals surface area contributed by atoms with Gasteiger partial charge >= 0.3 is 33.0 Å². The topological polar surface area (TPSA) is 169 Å². The zero-order chi connectivity index (χ0) is 17.0. The Balaban J connectivity index is -0.000000342. The van der Waals surface area contributed by atoms with Crippen molar-refractivity contribution in [1.29, 1.82) is 0 Å². The minimum absolute atomic E-state index is 0. The number of carbonyl (C=O) groups is 3. The fourth-order valence-electron chi connectivity index (χ4n) is 2.11. The SMILES string of the molecule is O=C(O)C1(C(=O)O)CCC1.[NH-]CCCCCCCC(=O)CO.[NH2-].[Pt+2]. The first-order chi connectivity index (χ1) is 10.4. The van der Waals surface area contributed by atoms with Gasteiger partial charge in [0, 0.05) is 6.42 Å². The average Bonchev–Trinajstić information content (AvgIpc) is 2.40. The molecule has 144 valence electrons. The molecular formula is C15H28N2O6Pt. The molecular weight excluding hydrogens is 499 g/mol. The Bertz CT molecular complexity index is 359. The van der Waals surface area contributed by atoms with Crippen molar-refractivity contribution in [2.75, 3.05) is 13.2 Å². The number of nitrogens with two attached hydrogens (primary N) is 1. The van der Waals surface area contributed by atoms with E-state index in [0.29, 0.717) is 19.4 Å². The van der Waals surface area contributed by atoms with Gasteiger partial charge in [-0.05, 0) is 25.7 Å². The molecule has 0 aromatic rings. The first kappa shape index (κ1) is 28.0. The molecule has 1 rings (SSSR count). The molecule has 24 heavy (non-hydrogen) atoms. The Labute approximate surface area is 157 Å². The van der Waals surface area contributed by atoms with Crippen LogP contribution in [0.2, 0.25) is 0 Å². The first-order valence-electron chi connectivity index (χ1n) is 7.64. The average molecular weight is 527 g/mol. The summed E-state index contributed by atoms with van der Waals surface area (Å²) in [4.78, 5) is 31.3. The van der Waals surface area contributed by atoms with Gasteiger partial charge in [-0.25, -0.2) is 0 Å². The predicted octanol–water partition coefficient (Wildman–Crippen LogP) is 2.98. The number of aliphatic hydroxyl groups is 1. The summed E-state index contributed by atoms with van der Waals surface area (Å²) in [5.74, 6) is -2.46. The van der Waals surface area contributed by atoms with Crippen LogP contribution in [-0.4, -0.2) is 46.2 Å². The van der Waals surface area contributed by atoms with Crippen LogP contribution in [-0.2, 0) is 35.4 Å². The van der Waals surface area contributed by atoms with Crippen LogP contribution in [0.1, 0.15) is 57.8 Å². The summed E-state index contributed by atoms with van der Waals surface area (Å²) < 4.78 is 0. The molecule has 1 saturated carbocycles. The molecule has 0 unspecified atom stereocenters. The molecule has 6 N–H and O–H groups in total. The van der Waals surface area contributed by atoms with E-state index < -0.39 is 17.4 Å². The molecule has 0 aromatic heterocycles. The number of rotatable bonds is 10. The summed E-state index contributed by atoms with van der Waals surface area (Å²) in [7, 11) is 0. The summed E-state index contributed by atoms with van der Waals surface area (Å²) in [6.07, 6.45) is 6.87. The number of unbranched alkanes of at least 4 members (excludes halogenated alkanes) is 4. The number of hydrogen-bond donors (Lipinski definition) is 3. The molecule has 1 fully saturated rings. The second-order valence-electron chi connectivity index (χ2n) is 5.51. The number of nitrogens with one attached hydrogen (secondary N) is 1. The molecule has 0 spiro atoms. The van der Waals surface area contributed by atoms with E-state index in [1.807, 2.05) is 0 Å². The van der Waals surface area contributed by atoms with Gasteiger partial charge in [0.1, 0.15) is 6.61 Å². The molecule has 0 bridgehead atoms. The largest absolute Gasteiger partial charge is 2.00 e. The first-order valence-corrected chi connectivity index (χ1v) is 7.64. The standard InChI is InChI=1S/C9H18NO2.C6H8O4.H2N.Pt/c10-7-5-3-1-2-4-6-9(12)8-11;7-4(8)6(5(9)10)2-1-3-6;;/h10-11H,1-8H2;1-3H2,(H,7,8)(H,9,10);1H2;/q-1;;-1;+2. The summed E-state index contributed by atoms with van der Waals surface area (Å²) in [5, 5.41) is 25.3. The molecule has 9 heteroatoms. The van der Waals surface area contributed by atoms with Gasteiger partial charge < -0.3 is 27.2 Å². The molecule has 0 aliphatic heterocycles. The second-order valence-corrected chi connectivity index (χ2v) is 5.51. The number of ketones is 1. The molecule has 0 saturated heterocycles. The molecule has 1 aliphatic carbocycles. The van der Waals surface area contributed by atoms with Crippen LogP contribution in [0.4, 0.5) is 0 Å². The molecule has 0 radical (unpaired) electrons. The van der Waals surface area contributed by atoms with Crippen LogP contribution in [0.3, 0.4) is 0 Å². The van der Waals surface area contributed by atoms with Crippen molar-refractivity contribution in [3.05, 3.63) is 11.9 Å². The summed E-state index contributed by atoms with van der Waals surface area (Å²) in [5.41, 5.74) is 5.45. The third-order valence-electron chi connectivity index (χ3n) is 3.83. The van der Waals surface area contributed by atoms with Crippen LogP contribution in [0.25, 0.3) is 11.9 Å². The van der Waals surface area contributed by atoms with E-state index in [1.54, 1.807) is 0 Å². The summed E-state index contributed by atoms with van der Waals surface area (Å²) in [6.45, 7) is 0.197. The van der Waals surface area contributed by atoms with Crippen molar-refractivity contribution in [3.63, 3.8) is 0 Å². The Kier molecular flexibility index (Phi) is 18.3. The van der Waals surface area contributed by atoms with E-state index in [1.165, 1.54) is 0 Å². The van der Waals surface area contributed by atoms with Crippen molar-refractivity contribution in [2.45, 2.75) is 57.8 Å². The minimum atomic E-state index is -1.44. The van der Waals surface area contributed by atoms with E-state index in [-0.39, 0.29) is 52.4 Å². The number of Topliss-reactive ketones (excluding diaryl/α,β-unsaturated/α-hetero) is 1. The summed E-state index contributed by atoms with van der Waals surface area (Å²) >= 11 is 0. The third kappa shape index (κ3) is 10.1. The van der Waals surface area contributed by atoms with Gasteiger partial charge in [-0.15, -0.1) is 0 Å². The molecule has 0 amide bonds. The van der Waals surface area contributed by atoms with E-state index in [9.17, 15) is 14.4 Å². The Morgan fingerprint density at radius 3 is 1.67 bits per heavy atom. The van der Waals surface area contributed by atoms with Gasteiger partial charge in [0.15, 0.2) is 11.2 Å². The Morgan fingerprint density at radius 1 is 0.917 bits per heavy atom. The van der Waals surface area contributed by atoms with Crippen molar-refractivity contribution in [2.24, 2.45) is 5.41 Å². The third-order valence-corrected chi connectivity index (χ3v) is 3.83. The zero-order valence-electron chi connectivity index (χ0n) is 13.7. The smallest absolute Gasteiger partial charge is 0.693 e. The summed E-state index contributed by atoms with van der Waals surface area (Å²) in [6, 6.07) is 0. The van der Waals surface area contributed by atoms with Gasteiger partial charge in [-0.1, -0.05) is 25.7 Å². The van der Waals surface area contributed by atoms with E-state index in [2.05, 4.69) is 0 Å². The molecule has 8 nitrogen and oxygen atoms in total. The number of aliphatic carboxylic acids is 2. The molecule has 0 heterocycles. The van der Waals surface area contributed by atoms with Crippen LogP contribution in [0.5, 0.6) is 0 Å². The van der Waals surface area contributed by atoms with Crippen molar-refractivity contribution < 1.29 is 50.8 Å². The van der Waals surface area contributed by atoms with Gasteiger partial charge in [-0.2, -0.15) is 6.54 Å². The van der Waals surface area contributed by atoms with Gasteiger partial charge in [-0.3, -0.25) is 14.4 Å². The maximum atomic E-state index is 10.6. The van der Waals surface area contributed by atoms with Crippen molar-refractivity contribution in [1.82, 2.24) is 0 Å². The fraction of sp³-hybridized carbons (Fsp3) is 0.800. The number of carboxylic acids is 2. The number of carbonyl (C=O) groups excluding carboxylic acids is 1. The predicted molar refractivity (Wildman–Crippen MR) is 85.8 cm³/mol. The molecule has 1 aliphatic rings. The maximum Gasteiger partial charge on any atom is 2.00 e. The monoisotopic (exact) mass is 527 g/mol. The normalized spacial score (nSPS) is 13.9. The number of carboxylic acid groups (broad SMARTS) is 2. The zero-order valence-corrected chi connectivity index (χ0v) is 16.0. The maximum absolute atomic E-state index is 10.6. The molecule has 0 atom stereocenters. The van der Waals surface area contributed by atoms with Gasteiger partial charge in [0.05, 0.1) is 0 Å². The van der Waals surface area contributed by atoms with E-state index in [0.717, 1.165) is 32.1 Å². The Morgan fingerprint density at radius 2 is 1.38 bits per heavy atom. The Hall–Kier alpha value is -0.822. The van der Waals surface area contributed by atoms with Crippen LogP contribution in [0, 0.1) is 5.41 Å². The van der Waals surface area contributed by atoms with Crippen LogP contribution >= 0.6 is 0 Å². The van der Waals surface area contributed by atoms with E-state index in [4.69, 9.17) is 21.1 Å². The number of hydrogen-bond acceptors (Lipinski definition) is 4. The van der Waals surface area contributed by atoms with Crippen LogP contribution < -0.4 is 0 Å². The van der Waals surface area contributed by atoms with E-state index >= 15 is 0 Å². The second kappa shape index (κ2) is 15.7. The quantitative estimate of drug-likeness (QED) is 0.291. The molecule has 0 aromatic carbocycles. The van der Waals surface area contributed by atoms with Crippen LogP contribution in [0.15, 0.2) is 0 Å². The van der Waals surface area contributed by atoms with Gasteiger partial charge in [0.2, 0.25) is 0 Å². The van der Waals surface area contributed by atoms with Gasteiger partial charge in [0.25, 0.3) is 0 Å². The number of aliphatic hydroxyl groups excluding tert-OH is 1. The minimum Gasteiger partial charge on any atom is -0.693 e.